The summed E-state index contributed by atoms with van der Waals surface area (Å²) in [5.41, 5.74) is 0. The predicted molar refractivity (Wildman–Crippen MR) is 64.0 cm³/mol. The van der Waals surface area contributed by atoms with Gasteiger partial charge in [0.05, 0.1) is 12.3 Å². The van der Waals surface area contributed by atoms with Crippen molar-refractivity contribution in [3.05, 3.63) is 0 Å². The maximum Gasteiger partial charge on any atom is 0.306 e. The van der Waals surface area contributed by atoms with Crippen LogP contribution in [0, 0.1) is 5.92 Å². The highest BCUT2D eigenvalue weighted by Crippen LogP contribution is 2.03. The van der Waals surface area contributed by atoms with Gasteiger partial charge < -0.3 is 9.90 Å². The van der Waals surface area contributed by atoms with Gasteiger partial charge >= 0.3 is 5.97 Å². The summed E-state index contributed by atoms with van der Waals surface area (Å²) in [5, 5.41) is 8.36. The van der Waals surface area contributed by atoms with Gasteiger partial charge in [-0.15, -0.1) is 0 Å². The first kappa shape index (κ1) is 29.2. The van der Waals surface area contributed by atoms with Gasteiger partial charge in [0.2, 0.25) is 0 Å². The van der Waals surface area contributed by atoms with Crippen molar-refractivity contribution >= 4 is 18.0 Å². The minimum absolute atomic E-state index is 0. The van der Waals surface area contributed by atoms with Crippen molar-refractivity contribution in [3.63, 3.8) is 0 Å². The van der Waals surface area contributed by atoms with Crippen molar-refractivity contribution in [2.24, 2.45) is 5.92 Å². The highest BCUT2D eigenvalue weighted by atomic mass is 16.4. The van der Waals surface area contributed by atoms with Crippen LogP contribution in [0.3, 0.4) is 0 Å². The van der Waals surface area contributed by atoms with Crippen LogP contribution in [-0.4, -0.2) is 23.1 Å². The van der Waals surface area contributed by atoms with Gasteiger partial charge in [-0.2, -0.15) is 0 Å². The topological polar surface area (TPSA) is 71.4 Å². The molecule has 0 fully saturated rings. The lowest BCUT2D eigenvalue weighted by Gasteiger charge is -2.01. The predicted octanol–water partition coefficient (Wildman–Crippen LogP) is 2.80. The van der Waals surface area contributed by atoms with Gasteiger partial charge in [0.25, 0.3) is 0 Å². The van der Waals surface area contributed by atoms with Gasteiger partial charge in [-0.1, -0.05) is 36.6 Å². The van der Waals surface area contributed by atoms with Crippen molar-refractivity contribution < 1.29 is 19.5 Å². The third-order valence-corrected chi connectivity index (χ3v) is 1.27. The van der Waals surface area contributed by atoms with Crippen LogP contribution in [0.1, 0.15) is 49.5 Å². The van der Waals surface area contributed by atoms with Gasteiger partial charge in [-0.25, -0.2) is 0 Å². The number of carboxylic acid groups (broad SMARTS) is 1. The number of rotatable bonds is 5. The average Bonchev–Trinajstić information content (AvgIpc) is 1.87. The molecule has 0 heterocycles. The van der Waals surface area contributed by atoms with Crippen molar-refractivity contribution in [1.82, 2.24) is 0 Å². The number of ketones is 1. The van der Waals surface area contributed by atoms with E-state index in [2.05, 4.69) is 0 Å². The average molecular weight is 222 g/mol. The fraction of sp³-hybridized carbons (Fsp3) is 0.727. The van der Waals surface area contributed by atoms with Crippen LogP contribution in [0.2, 0.25) is 0 Å². The second-order valence-corrected chi connectivity index (χ2v) is 2.35. The van der Waals surface area contributed by atoms with Crippen LogP contribution < -0.4 is 0 Å². The summed E-state index contributed by atoms with van der Waals surface area (Å²) < 4.78 is 0. The third-order valence-electron chi connectivity index (χ3n) is 1.27. The molecule has 0 rings (SSSR count). The Hall–Kier alpha value is -1.19. The highest BCUT2D eigenvalue weighted by molar-refractivity contribution is 5.91. The lowest BCUT2D eigenvalue weighted by Crippen LogP contribution is -2.14. The molecule has 4 heteroatoms. The quantitative estimate of drug-likeness (QED) is 0.573. The van der Waals surface area contributed by atoms with E-state index in [9.17, 15) is 14.4 Å². The molecule has 0 aromatic heterocycles. The van der Waals surface area contributed by atoms with Gasteiger partial charge in [-0.3, -0.25) is 9.59 Å². The molecule has 0 aliphatic heterocycles. The largest absolute Gasteiger partial charge is 0.481 e. The van der Waals surface area contributed by atoms with Crippen molar-refractivity contribution in [2.45, 2.75) is 49.5 Å². The van der Waals surface area contributed by atoms with E-state index in [-0.39, 0.29) is 48.3 Å². The van der Waals surface area contributed by atoms with Crippen LogP contribution in [-0.2, 0) is 14.4 Å². The molecule has 0 saturated heterocycles. The van der Waals surface area contributed by atoms with E-state index in [0.29, 0.717) is 6.29 Å². The number of aliphatic carboxylic acids is 1. The maximum absolute atomic E-state index is 10.7. The molecule has 1 N–H and O–H groups in total. The molecule has 15 heavy (non-hydrogen) atoms. The molecule has 0 spiro atoms. The molecule has 4 nitrogen and oxygen atoms in total. The summed E-state index contributed by atoms with van der Waals surface area (Å²) >= 11 is 0. The Morgan fingerprint density at radius 1 is 1.20 bits per heavy atom. The number of Topliss-reactive ketones (excluding diaryl/α,β-unsaturated/α-hetero) is 1. The molecule has 0 bridgehead atoms. The van der Waals surface area contributed by atoms with E-state index in [1.165, 1.54) is 6.92 Å². The third kappa shape index (κ3) is 15.6. The lowest BCUT2D eigenvalue weighted by molar-refractivity contribution is -0.143. The molecule has 1 unspecified atom stereocenters. The summed E-state index contributed by atoms with van der Waals surface area (Å²) in [6.45, 7) is 1.44. The summed E-state index contributed by atoms with van der Waals surface area (Å²) in [7, 11) is 0. The van der Waals surface area contributed by atoms with Gasteiger partial charge in [0.15, 0.2) is 0 Å². The summed E-state index contributed by atoms with van der Waals surface area (Å²) in [4.78, 5) is 30.7. The second-order valence-electron chi connectivity index (χ2n) is 2.35. The number of carbonyl (C=O) groups is 3. The summed E-state index contributed by atoms with van der Waals surface area (Å²) in [5.74, 6) is -2.03. The zero-order valence-electron chi connectivity index (χ0n) is 6.24. The summed E-state index contributed by atoms with van der Waals surface area (Å²) in [6, 6.07) is 0. The zero-order chi connectivity index (χ0) is 8.85. The molecule has 0 aliphatic rings. The Kier molecular flexibility index (Phi) is 29.8. The molecule has 0 aromatic rings. The van der Waals surface area contributed by atoms with E-state index in [0.717, 1.165) is 0 Å². The van der Waals surface area contributed by atoms with E-state index in [1.54, 1.807) is 0 Å². The molecule has 1 atom stereocenters. The minimum atomic E-state index is -1.01. The SMILES string of the molecule is C.C.C.C.CC(CC(=O)CC=O)C(=O)O. The minimum Gasteiger partial charge on any atom is -0.481 e. The van der Waals surface area contributed by atoms with Gasteiger partial charge in [0, 0.05) is 6.42 Å². The number of aldehydes is 1. The first-order chi connectivity index (χ1) is 5.07. The highest BCUT2D eigenvalue weighted by Gasteiger charge is 2.14. The molecule has 94 valence electrons. The van der Waals surface area contributed by atoms with Gasteiger partial charge in [0.1, 0.15) is 12.1 Å². The lowest BCUT2D eigenvalue weighted by atomic mass is 10.0. The molecule has 0 saturated carbocycles. The second kappa shape index (κ2) is 15.3. The molecular formula is C11H26O4. The van der Waals surface area contributed by atoms with Crippen LogP contribution in [0.25, 0.3) is 0 Å². The maximum atomic E-state index is 10.7. The summed E-state index contributed by atoms with van der Waals surface area (Å²) in [6.07, 6.45) is 0.239. The normalized spacial score (nSPS) is 8.87. The molecule has 0 radical (unpaired) electrons. The van der Waals surface area contributed by atoms with E-state index < -0.39 is 11.9 Å². The number of carbonyl (C=O) groups excluding carboxylic acids is 2. The number of hydrogen-bond acceptors (Lipinski definition) is 3. The molecule has 0 aliphatic carbocycles. The fourth-order valence-corrected chi connectivity index (χ4v) is 0.605. The Bertz CT molecular complexity index is 175. The van der Waals surface area contributed by atoms with E-state index in [4.69, 9.17) is 5.11 Å². The molecular weight excluding hydrogens is 196 g/mol. The van der Waals surface area contributed by atoms with Crippen molar-refractivity contribution in [3.8, 4) is 0 Å². The van der Waals surface area contributed by atoms with E-state index in [1.807, 2.05) is 0 Å². The van der Waals surface area contributed by atoms with Crippen LogP contribution in [0.15, 0.2) is 0 Å². The number of hydrogen-bond donors (Lipinski definition) is 1. The van der Waals surface area contributed by atoms with Crippen LogP contribution in [0.5, 0.6) is 0 Å². The fourth-order valence-electron chi connectivity index (χ4n) is 0.605. The first-order valence-electron chi connectivity index (χ1n) is 3.26. The molecule has 0 aromatic carbocycles. The molecule has 0 amide bonds. The van der Waals surface area contributed by atoms with Crippen molar-refractivity contribution in [2.75, 3.05) is 0 Å². The van der Waals surface area contributed by atoms with E-state index >= 15 is 0 Å². The smallest absolute Gasteiger partial charge is 0.306 e. The van der Waals surface area contributed by atoms with Crippen LogP contribution in [0.4, 0.5) is 0 Å². The Balaban J connectivity index is -0.0000000833. The van der Waals surface area contributed by atoms with Gasteiger partial charge in [-0.05, 0) is 0 Å². The van der Waals surface area contributed by atoms with Crippen LogP contribution >= 0.6 is 0 Å². The Labute approximate surface area is 93.7 Å². The monoisotopic (exact) mass is 222 g/mol. The Morgan fingerprint density at radius 3 is 1.87 bits per heavy atom. The standard InChI is InChI=1S/C7H10O4.4CH4/c1-5(7(10)11)4-6(9)2-3-8;;;;/h3,5H,2,4H2,1H3,(H,10,11);4*1H4. The van der Waals surface area contributed by atoms with Crippen molar-refractivity contribution in [1.29, 1.82) is 0 Å². The first-order valence-corrected chi connectivity index (χ1v) is 3.26. The zero-order valence-corrected chi connectivity index (χ0v) is 6.24. The number of carboxylic acids is 1. The Morgan fingerprint density at radius 2 is 1.60 bits per heavy atom.